The Morgan fingerprint density at radius 1 is 1.71 bits per heavy atom. The van der Waals surface area contributed by atoms with Crippen LogP contribution in [-0.4, -0.2) is 24.2 Å². The van der Waals surface area contributed by atoms with Crippen molar-refractivity contribution in [3.63, 3.8) is 0 Å². The number of hydrogen-bond donors (Lipinski definition) is 1. The molecular weight excluding hydrogens is 196 g/mol. The molecule has 3 nitrogen and oxygen atoms in total. The van der Waals surface area contributed by atoms with Gasteiger partial charge < -0.3 is 10.1 Å². The second kappa shape index (κ2) is 4.75. The highest BCUT2D eigenvalue weighted by atomic mass is 32.1. The van der Waals surface area contributed by atoms with Gasteiger partial charge in [-0.15, -0.1) is 11.3 Å². The van der Waals surface area contributed by atoms with Crippen LogP contribution in [-0.2, 0) is 11.2 Å². The third-order valence-corrected chi connectivity index (χ3v) is 3.27. The smallest absolute Gasteiger partial charge is 0.182 e. The molecule has 4 heteroatoms. The van der Waals surface area contributed by atoms with E-state index in [9.17, 15) is 0 Å². The number of aromatic nitrogens is 1. The topological polar surface area (TPSA) is 34.1 Å². The van der Waals surface area contributed by atoms with Gasteiger partial charge in [0.05, 0.1) is 11.8 Å². The molecule has 1 atom stereocenters. The monoisotopic (exact) mass is 212 g/mol. The van der Waals surface area contributed by atoms with Crippen LogP contribution in [0.4, 0.5) is 5.13 Å². The summed E-state index contributed by atoms with van der Waals surface area (Å²) < 4.78 is 5.52. The largest absolute Gasteiger partial charge is 0.376 e. The zero-order valence-electron chi connectivity index (χ0n) is 8.45. The van der Waals surface area contributed by atoms with E-state index in [1.54, 1.807) is 11.3 Å². The van der Waals surface area contributed by atoms with Crippen LogP contribution in [0, 0.1) is 0 Å². The number of nitrogens with one attached hydrogen (secondary N) is 1. The molecule has 0 aliphatic carbocycles. The molecule has 0 bridgehead atoms. The van der Waals surface area contributed by atoms with E-state index in [1.165, 1.54) is 18.5 Å². The molecule has 1 aromatic heterocycles. The average molecular weight is 212 g/mol. The van der Waals surface area contributed by atoms with Gasteiger partial charge in [0.25, 0.3) is 0 Å². The summed E-state index contributed by atoms with van der Waals surface area (Å²) in [5, 5.41) is 6.46. The van der Waals surface area contributed by atoms with E-state index in [4.69, 9.17) is 4.74 Å². The van der Waals surface area contributed by atoms with Gasteiger partial charge in [-0.1, -0.05) is 6.92 Å². The first-order valence-electron chi connectivity index (χ1n) is 5.18. The Labute approximate surface area is 88.5 Å². The van der Waals surface area contributed by atoms with E-state index in [-0.39, 0.29) is 0 Å². The molecule has 1 N–H and O–H groups in total. The van der Waals surface area contributed by atoms with Crippen molar-refractivity contribution < 1.29 is 4.74 Å². The second-order valence-electron chi connectivity index (χ2n) is 3.51. The molecule has 1 saturated heterocycles. The van der Waals surface area contributed by atoms with Crippen molar-refractivity contribution in [2.24, 2.45) is 0 Å². The number of anilines is 1. The van der Waals surface area contributed by atoms with E-state index in [1.807, 2.05) is 0 Å². The summed E-state index contributed by atoms with van der Waals surface area (Å²) in [4.78, 5) is 4.44. The molecule has 0 spiro atoms. The van der Waals surface area contributed by atoms with Crippen LogP contribution < -0.4 is 5.32 Å². The lowest BCUT2D eigenvalue weighted by molar-refractivity contribution is 0.120. The lowest BCUT2D eigenvalue weighted by atomic mass is 10.2. The van der Waals surface area contributed by atoms with Crippen molar-refractivity contribution >= 4 is 16.5 Å². The van der Waals surface area contributed by atoms with E-state index < -0.39 is 0 Å². The minimum absolute atomic E-state index is 0.393. The maximum absolute atomic E-state index is 5.52. The Balaban J connectivity index is 1.79. The maximum atomic E-state index is 5.52. The van der Waals surface area contributed by atoms with E-state index in [0.29, 0.717) is 6.10 Å². The van der Waals surface area contributed by atoms with Gasteiger partial charge in [-0.25, -0.2) is 4.98 Å². The molecule has 0 radical (unpaired) electrons. The number of hydrogen-bond acceptors (Lipinski definition) is 4. The summed E-state index contributed by atoms with van der Waals surface area (Å²) in [5.74, 6) is 0. The summed E-state index contributed by atoms with van der Waals surface area (Å²) in [6, 6.07) is 0. The molecular formula is C10H16N2OS. The van der Waals surface area contributed by atoms with Gasteiger partial charge in [-0.3, -0.25) is 0 Å². The summed E-state index contributed by atoms with van der Waals surface area (Å²) in [6.45, 7) is 3.94. The van der Waals surface area contributed by atoms with Gasteiger partial charge in [0.1, 0.15) is 0 Å². The van der Waals surface area contributed by atoms with Gasteiger partial charge >= 0.3 is 0 Å². The normalized spacial score (nSPS) is 21.4. The van der Waals surface area contributed by atoms with E-state index in [2.05, 4.69) is 22.6 Å². The average Bonchev–Trinajstić information content (AvgIpc) is 2.86. The summed E-state index contributed by atoms with van der Waals surface area (Å²) in [6.07, 6.45) is 3.78. The number of thiazole rings is 1. The molecule has 0 amide bonds. The Bertz CT molecular complexity index is 281. The van der Waals surface area contributed by atoms with Crippen LogP contribution in [0.1, 0.15) is 25.5 Å². The van der Waals surface area contributed by atoms with Crippen LogP contribution in [0.25, 0.3) is 0 Å². The lowest BCUT2D eigenvalue weighted by Gasteiger charge is -2.08. The van der Waals surface area contributed by atoms with Crippen LogP contribution in [0.2, 0.25) is 0 Å². The lowest BCUT2D eigenvalue weighted by Crippen LogP contribution is -2.18. The number of aryl methyl sites for hydroxylation is 1. The fourth-order valence-corrected chi connectivity index (χ4v) is 2.36. The molecule has 2 heterocycles. The number of nitrogens with zero attached hydrogens (tertiary/aromatic N) is 1. The molecule has 78 valence electrons. The highest BCUT2D eigenvalue weighted by molar-refractivity contribution is 7.13. The zero-order valence-corrected chi connectivity index (χ0v) is 9.27. The highest BCUT2D eigenvalue weighted by Gasteiger charge is 2.15. The third kappa shape index (κ3) is 2.45. The SMILES string of the molecule is CCc1csc(NCC2CCCO2)n1. The van der Waals surface area contributed by atoms with Gasteiger partial charge in [0.15, 0.2) is 5.13 Å². The van der Waals surface area contributed by atoms with Crippen LogP contribution in [0.3, 0.4) is 0 Å². The minimum atomic E-state index is 0.393. The molecule has 2 rings (SSSR count). The molecule has 1 aliphatic rings. The quantitative estimate of drug-likeness (QED) is 0.831. The molecule has 14 heavy (non-hydrogen) atoms. The third-order valence-electron chi connectivity index (χ3n) is 2.42. The fourth-order valence-electron chi connectivity index (χ4n) is 1.56. The Morgan fingerprint density at radius 3 is 3.29 bits per heavy atom. The zero-order chi connectivity index (χ0) is 9.80. The van der Waals surface area contributed by atoms with Gasteiger partial charge in [-0.05, 0) is 19.3 Å². The molecule has 0 aromatic carbocycles. The highest BCUT2D eigenvalue weighted by Crippen LogP contribution is 2.17. The summed E-state index contributed by atoms with van der Waals surface area (Å²) in [7, 11) is 0. The van der Waals surface area contributed by atoms with Crippen LogP contribution in [0.5, 0.6) is 0 Å². The number of rotatable bonds is 4. The number of ether oxygens (including phenoxy) is 1. The maximum Gasteiger partial charge on any atom is 0.182 e. The predicted octanol–water partition coefficient (Wildman–Crippen LogP) is 2.30. The first-order valence-corrected chi connectivity index (χ1v) is 6.06. The van der Waals surface area contributed by atoms with Crippen molar-refractivity contribution in [1.29, 1.82) is 0 Å². The predicted molar refractivity (Wildman–Crippen MR) is 59.0 cm³/mol. The van der Waals surface area contributed by atoms with Crippen molar-refractivity contribution in [3.05, 3.63) is 11.1 Å². The molecule has 1 aliphatic heterocycles. The minimum Gasteiger partial charge on any atom is -0.376 e. The summed E-state index contributed by atoms with van der Waals surface area (Å²) in [5.41, 5.74) is 1.17. The molecule has 1 aromatic rings. The fraction of sp³-hybridized carbons (Fsp3) is 0.700. The summed E-state index contributed by atoms with van der Waals surface area (Å²) >= 11 is 1.68. The van der Waals surface area contributed by atoms with E-state index in [0.717, 1.165) is 24.7 Å². The standard InChI is InChI=1S/C10H16N2OS/c1-2-8-7-14-10(12-8)11-6-9-4-3-5-13-9/h7,9H,2-6H2,1H3,(H,11,12). The first-order chi connectivity index (χ1) is 6.88. The van der Waals surface area contributed by atoms with Crippen LogP contribution in [0.15, 0.2) is 5.38 Å². The Kier molecular flexibility index (Phi) is 3.37. The van der Waals surface area contributed by atoms with E-state index >= 15 is 0 Å². The van der Waals surface area contributed by atoms with Crippen LogP contribution >= 0.6 is 11.3 Å². The van der Waals surface area contributed by atoms with Gasteiger partial charge in [-0.2, -0.15) is 0 Å². The Morgan fingerprint density at radius 2 is 2.64 bits per heavy atom. The molecule has 1 unspecified atom stereocenters. The van der Waals surface area contributed by atoms with Crippen molar-refractivity contribution in [2.75, 3.05) is 18.5 Å². The first kappa shape index (κ1) is 9.93. The van der Waals surface area contributed by atoms with Gasteiger partial charge in [0.2, 0.25) is 0 Å². The van der Waals surface area contributed by atoms with Gasteiger partial charge in [0, 0.05) is 18.5 Å². The second-order valence-corrected chi connectivity index (χ2v) is 4.37. The van der Waals surface area contributed by atoms with Crippen molar-refractivity contribution in [2.45, 2.75) is 32.3 Å². The van der Waals surface area contributed by atoms with Crippen molar-refractivity contribution in [1.82, 2.24) is 4.98 Å². The molecule has 1 fully saturated rings. The molecule has 0 saturated carbocycles. The Hall–Kier alpha value is -0.610. The van der Waals surface area contributed by atoms with Crippen molar-refractivity contribution in [3.8, 4) is 0 Å².